The lowest BCUT2D eigenvalue weighted by Gasteiger charge is -2.34. The van der Waals surface area contributed by atoms with Crippen molar-refractivity contribution < 1.29 is 4.42 Å². The van der Waals surface area contributed by atoms with Crippen LogP contribution in [0.2, 0.25) is 0 Å². The van der Waals surface area contributed by atoms with Crippen molar-refractivity contribution >= 4 is 16.8 Å². The molecule has 1 aliphatic heterocycles. The number of fused-ring (bicyclic) bond motifs is 1. The SMILES string of the molecule is Cc1cc(C)cc(-c2cncc(-c3nc4ccccc4o3)c2N2CCC(N)CC2)c1. The topological polar surface area (TPSA) is 68.2 Å². The summed E-state index contributed by atoms with van der Waals surface area (Å²) in [6.45, 7) is 6.09. The molecule has 1 saturated heterocycles. The van der Waals surface area contributed by atoms with Crippen molar-refractivity contribution in [3.8, 4) is 22.6 Å². The predicted molar refractivity (Wildman–Crippen MR) is 122 cm³/mol. The molecule has 0 bridgehead atoms. The molecule has 0 atom stereocenters. The maximum absolute atomic E-state index is 6.19. The minimum Gasteiger partial charge on any atom is -0.436 e. The number of rotatable bonds is 3. The van der Waals surface area contributed by atoms with E-state index in [1.807, 2.05) is 36.7 Å². The number of nitrogens with two attached hydrogens (primary N) is 1. The highest BCUT2D eigenvalue weighted by Gasteiger charge is 2.25. The molecule has 2 N–H and O–H groups in total. The molecule has 1 fully saturated rings. The molecule has 0 amide bonds. The fraction of sp³-hybridized carbons (Fsp3) is 0.280. The summed E-state index contributed by atoms with van der Waals surface area (Å²) in [7, 11) is 0. The first kappa shape index (κ1) is 18.8. The number of benzene rings is 2. The average molecular weight is 399 g/mol. The third-order valence-corrected chi connectivity index (χ3v) is 5.83. The molecule has 4 aromatic rings. The van der Waals surface area contributed by atoms with Gasteiger partial charge in [-0.05, 0) is 44.4 Å². The van der Waals surface area contributed by atoms with Gasteiger partial charge in [-0.15, -0.1) is 0 Å². The molecule has 0 unspecified atom stereocenters. The molecule has 5 nitrogen and oxygen atoms in total. The van der Waals surface area contributed by atoms with Gasteiger partial charge in [-0.3, -0.25) is 4.98 Å². The van der Waals surface area contributed by atoms with Gasteiger partial charge in [0.1, 0.15) is 5.52 Å². The molecular weight excluding hydrogens is 372 g/mol. The van der Waals surface area contributed by atoms with E-state index in [4.69, 9.17) is 15.1 Å². The summed E-state index contributed by atoms with van der Waals surface area (Å²) in [4.78, 5) is 11.8. The molecule has 0 spiro atoms. The van der Waals surface area contributed by atoms with Crippen LogP contribution >= 0.6 is 0 Å². The van der Waals surface area contributed by atoms with Gasteiger partial charge in [0.15, 0.2) is 5.58 Å². The summed E-state index contributed by atoms with van der Waals surface area (Å²) in [5.41, 5.74) is 14.7. The van der Waals surface area contributed by atoms with Crippen molar-refractivity contribution in [3.63, 3.8) is 0 Å². The van der Waals surface area contributed by atoms with Gasteiger partial charge in [0, 0.05) is 37.1 Å². The van der Waals surface area contributed by atoms with E-state index in [1.54, 1.807) is 0 Å². The summed E-state index contributed by atoms with van der Waals surface area (Å²) in [5.74, 6) is 0.611. The average Bonchev–Trinajstić information content (AvgIpc) is 3.17. The smallest absolute Gasteiger partial charge is 0.231 e. The highest BCUT2D eigenvalue weighted by atomic mass is 16.3. The van der Waals surface area contributed by atoms with Gasteiger partial charge >= 0.3 is 0 Å². The van der Waals surface area contributed by atoms with E-state index in [0.29, 0.717) is 5.89 Å². The standard InChI is InChI=1S/C25H26N4O/c1-16-11-17(2)13-18(12-16)20-14-27-15-21(24(20)29-9-7-19(26)8-10-29)25-28-22-5-3-4-6-23(22)30-25/h3-6,11-15,19H,7-10,26H2,1-2H3. The summed E-state index contributed by atoms with van der Waals surface area (Å²) < 4.78 is 6.14. The summed E-state index contributed by atoms with van der Waals surface area (Å²) in [5, 5.41) is 0. The summed E-state index contributed by atoms with van der Waals surface area (Å²) >= 11 is 0. The van der Waals surface area contributed by atoms with Crippen molar-refractivity contribution in [2.45, 2.75) is 32.7 Å². The molecule has 0 aliphatic carbocycles. The third-order valence-electron chi connectivity index (χ3n) is 5.83. The highest BCUT2D eigenvalue weighted by molar-refractivity contribution is 5.90. The highest BCUT2D eigenvalue weighted by Crippen LogP contribution is 2.40. The van der Waals surface area contributed by atoms with Crippen LogP contribution in [0.25, 0.3) is 33.7 Å². The second-order valence-corrected chi connectivity index (χ2v) is 8.27. The van der Waals surface area contributed by atoms with Gasteiger partial charge < -0.3 is 15.1 Å². The Bertz CT molecular complexity index is 1150. The number of aromatic nitrogens is 2. The molecule has 0 radical (unpaired) electrons. The van der Waals surface area contributed by atoms with Crippen molar-refractivity contribution in [1.29, 1.82) is 0 Å². The van der Waals surface area contributed by atoms with E-state index in [2.05, 4.69) is 41.9 Å². The molecular formula is C25H26N4O. The summed E-state index contributed by atoms with van der Waals surface area (Å²) in [6.07, 6.45) is 5.79. The first-order chi connectivity index (χ1) is 14.6. The number of oxazole rings is 1. The Kier molecular flexibility index (Phi) is 4.75. The van der Waals surface area contributed by atoms with E-state index in [0.717, 1.165) is 53.8 Å². The lowest BCUT2D eigenvalue weighted by molar-refractivity contribution is 0.501. The molecule has 3 heterocycles. The molecule has 152 valence electrons. The summed E-state index contributed by atoms with van der Waals surface area (Å²) in [6, 6.07) is 14.8. The van der Waals surface area contributed by atoms with Crippen molar-refractivity contribution in [2.24, 2.45) is 5.73 Å². The predicted octanol–water partition coefficient (Wildman–Crippen LogP) is 5.10. The van der Waals surface area contributed by atoms with E-state index in [1.165, 1.54) is 16.7 Å². The Morgan fingerprint density at radius 1 is 0.967 bits per heavy atom. The van der Waals surface area contributed by atoms with Crippen LogP contribution in [0.1, 0.15) is 24.0 Å². The first-order valence-corrected chi connectivity index (χ1v) is 10.5. The molecule has 30 heavy (non-hydrogen) atoms. The number of nitrogens with zero attached hydrogens (tertiary/aromatic N) is 3. The van der Waals surface area contributed by atoms with Gasteiger partial charge in [-0.1, -0.05) is 41.5 Å². The Morgan fingerprint density at radius 3 is 2.40 bits per heavy atom. The number of para-hydroxylation sites is 2. The molecule has 5 rings (SSSR count). The zero-order valence-corrected chi connectivity index (χ0v) is 17.4. The number of hydrogen-bond acceptors (Lipinski definition) is 5. The fourth-order valence-corrected chi connectivity index (χ4v) is 4.40. The number of hydrogen-bond donors (Lipinski definition) is 1. The van der Waals surface area contributed by atoms with Crippen LogP contribution < -0.4 is 10.6 Å². The van der Waals surface area contributed by atoms with E-state index in [-0.39, 0.29) is 6.04 Å². The van der Waals surface area contributed by atoms with Crippen LogP contribution in [-0.2, 0) is 0 Å². The fourth-order valence-electron chi connectivity index (χ4n) is 4.40. The lowest BCUT2D eigenvalue weighted by Crippen LogP contribution is -2.40. The van der Waals surface area contributed by atoms with Crippen LogP contribution in [0.3, 0.4) is 0 Å². The number of anilines is 1. The third kappa shape index (κ3) is 3.46. The van der Waals surface area contributed by atoms with Crippen LogP contribution in [-0.4, -0.2) is 29.1 Å². The quantitative estimate of drug-likeness (QED) is 0.520. The normalized spacial score (nSPS) is 15.1. The minimum absolute atomic E-state index is 0.264. The lowest BCUT2D eigenvalue weighted by atomic mass is 9.96. The van der Waals surface area contributed by atoms with Crippen LogP contribution in [0.5, 0.6) is 0 Å². The maximum Gasteiger partial charge on any atom is 0.231 e. The molecule has 0 saturated carbocycles. The Balaban J connectivity index is 1.72. The maximum atomic E-state index is 6.19. The van der Waals surface area contributed by atoms with E-state index in [9.17, 15) is 0 Å². The van der Waals surface area contributed by atoms with Crippen LogP contribution in [0.15, 0.2) is 59.3 Å². The second kappa shape index (κ2) is 7.58. The van der Waals surface area contributed by atoms with Crippen LogP contribution in [0.4, 0.5) is 5.69 Å². The number of aryl methyl sites for hydroxylation is 2. The monoisotopic (exact) mass is 398 g/mol. The van der Waals surface area contributed by atoms with Gasteiger partial charge in [-0.25, -0.2) is 4.98 Å². The van der Waals surface area contributed by atoms with Gasteiger partial charge in [0.25, 0.3) is 0 Å². The number of piperidine rings is 1. The zero-order valence-electron chi connectivity index (χ0n) is 17.4. The molecule has 1 aliphatic rings. The molecule has 2 aromatic heterocycles. The molecule has 2 aromatic carbocycles. The van der Waals surface area contributed by atoms with Crippen molar-refractivity contribution in [2.75, 3.05) is 18.0 Å². The number of pyridine rings is 1. The van der Waals surface area contributed by atoms with Crippen molar-refractivity contribution in [3.05, 3.63) is 66.0 Å². The van der Waals surface area contributed by atoms with Crippen LogP contribution in [0, 0.1) is 13.8 Å². The largest absolute Gasteiger partial charge is 0.436 e. The zero-order chi connectivity index (χ0) is 20.7. The Labute approximate surface area is 176 Å². The second-order valence-electron chi connectivity index (χ2n) is 8.27. The van der Waals surface area contributed by atoms with Gasteiger partial charge in [0.2, 0.25) is 5.89 Å². The van der Waals surface area contributed by atoms with Gasteiger partial charge in [-0.2, -0.15) is 0 Å². The van der Waals surface area contributed by atoms with E-state index >= 15 is 0 Å². The first-order valence-electron chi connectivity index (χ1n) is 10.5. The van der Waals surface area contributed by atoms with E-state index < -0.39 is 0 Å². The van der Waals surface area contributed by atoms with Gasteiger partial charge in [0.05, 0.1) is 11.3 Å². The van der Waals surface area contributed by atoms with Crippen molar-refractivity contribution in [1.82, 2.24) is 9.97 Å². The Hall–Kier alpha value is -3.18. The molecule has 5 heteroatoms. The minimum atomic E-state index is 0.264. The Morgan fingerprint density at radius 2 is 1.67 bits per heavy atom.